The van der Waals surface area contributed by atoms with Crippen molar-refractivity contribution in [1.29, 1.82) is 0 Å². The minimum Gasteiger partial charge on any atom is -0.476 e. The summed E-state index contributed by atoms with van der Waals surface area (Å²) in [5.74, 6) is 0.833. The molecule has 17 heavy (non-hydrogen) atoms. The fourth-order valence-corrected chi connectivity index (χ4v) is 1.55. The van der Waals surface area contributed by atoms with Gasteiger partial charge in [0.25, 0.3) is 0 Å². The summed E-state index contributed by atoms with van der Waals surface area (Å²) in [6.45, 7) is 2.34. The number of nitrogens with zero attached hydrogens (tertiary/aromatic N) is 2. The maximum absolute atomic E-state index is 5.95. The lowest BCUT2D eigenvalue weighted by Crippen LogP contribution is -2.03. The number of nitrogens with two attached hydrogens (primary N) is 1. The molecule has 0 saturated carbocycles. The van der Waals surface area contributed by atoms with Gasteiger partial charge in [0.1, 0.15) is 5.69 Å². The Bertz CT molecular complexity index is 517. The average Bonchev–Trinajstić information content (AvgIpc) is 2.36. The molecule has 1 aromatic carbocycles. The zero-order chi connectivity index (χ0) is 12.3. The summed E-state index contributed by atoms with van der Waals surface area (Å²) < 4.78 is 5.32. The molecule has 0 radical (unpaired) electrons. The summed E-state index contributed by atoms with van der Waals surface area (Å²) in [6.07, 6.45) is 0. The highest BCUT2D eigenvalue weighted by Crippen LogP contribution is 2.29. The van der Waals surface area contributed by atoms with Crippen molar-refractivity contribution in [2.75, 3.05) is 12.3 Å². The number of hydrogen-bond acceptors (Lipinski definition) is 4. The smallest absolute Gasteiger partial charge is 0.242 e. The fraction of sp³-hybridized carbons (Fsp3) is 0.167. The lowest BCUT2D eigenvalue weighted by molar-refractivity contribution is 0.328. The number of nitrogen functional groups attached to an aromatic ring is 1. The summed E-state index contributed by atoms with van der Waals surface area (Å²) >= 11 is 5.95. The molecule has 0 fully saturated rings. The van der Waals surface area contributed by atoms with Gasteiger partial charge in [-0.3, -0.25) is 0 Å². The molecule has 0 aliphatic carbocycles. The molecule has 0 aliphatic heterocycles. The Labute approximate surface area is 104 Å². The van der Waals surface area contributed by atoms with Gasteiger partial charge < -0.3 is 10.5 Å². The van der Waals surface area contributed by atoms with Crippen molar-refractivity contribution in [3.05, 3.63) is 35.5 Å². The van der Waals surface area contributed by atoms with E-state index in [2.05, 4.69) is 9.97 Å². The molecule has 0 saturated heterocycles. The van der Waals surface area contributed by atoms with Crippen LogP contribution in [-0.2, 0) is 0 Å². The zero-order valence-corrected chi connectivity index (χ0v) is 10.1. The van der Waals surface area contributed by atoms with Gasteiger partial charge >= 0.3 is 0 Å². The van der Waals surface area contributed by atoms with Gasteiger partial charge in [-0.1, -0.05) is 41.9 Å². The van der Waals surface area contributed by atoms with Crippen molar-refractivity contribution in [2.45, 2.75) is 6.92 Å². The van der Waals surface area contributed by atoms with Gasteiger partial charge in [0.2, 0.25) is 5.88 Å². The van der Waals surface area contributed by atoms with E-state index in [9.17, 15) is 0 Å². The normalized spacial score (nSPS) is 10.2. The van der Waals surface area contributed by atoms with Crippen LogP contribution in [0, 0.1) is 0 Å². The highest BCUT2D eigenvalue weighted by Gasteiger charge is 2.12. The van der Waals surface area contributed by atoms with Crippen LogP contribution in [0.3, 0.4) is 0 Å². The molecule has 0 amide bonds. The second-order valence-electron chi connectivity index (χ2n) is 3.36. The third-order valence-electron chi connectivity index (χ3n) is 2.18. The van der Waals surface area contributed by atoms with Crippen molar-refractivity contribution in [3.8, 4) is 17.3 Å². The molecule has 0 bridgehead atoms. The van der Waals surface area contributed by atoms with Crippen molar-refractivity contribution in [1.82, 2.24) is 9.97 Å². The first kappa shape index (κ1) is 11.7. The summed E-state index contributed by atoms with van der Waals surface area (Å²) in [5, 5.41) is 0.210. The van der Waals surface area contributed by atoms with Gasteiger partial charge in [0.05, 0.1) is 6.61 Å². The van der Waals surface area contributed by atoms with Crippen LogP contribution in [0.2, 0.25) is 5.15 Å². The molecule has 0 spiro atoms. The van der Waals surface area contributed by atoms with E-state index in [4.69, 9.17) is 22.1 Å². The highest BCUT2D eigenvalue weighted by molar-refractivity contribution is 6.32. The standard InChI is InChI=1S/C12H12ClN3O/c1-2-17-12-9(14)10(13)15-11(16-12)8-6-4-3-5-7-8/h3-7H,2,14H2,1H3. The summed E-state index contributed by atoms with van der Waals surface area (Å²) in [7, 11) is 0. The van der Waals surface area contributed by atoms with E-state index in [1.165, 1.54) is 0 Å². The maximum atomic E-state index is 5.95. The van der Waals surface area contributed by atoms with Gasteiger partial charge in [0, 0.05) is 5.56 Å². The first-order valence-corrected chi connectivity index (χ1v) is 5.61. The van der Waals surface area contributed by atoms with Crippen LogP contribution in [0.5, 0.6) is 5.88 Å². The Morgan fingerprint density at radius 3 is 2.59 bits per heavy atom. The molecule has 0 unspecified atom stereocenters. The van der Waals surface area contributed by atoms with E-state index in [1.807, 2.05) is 37.3 Å². The predicted octanol–water partition coefficient (Wildman–Crippen LogP) is 2.78. The summed E-state index contributed by atoms with van der Waals surface area (Å²) in [4.78, 5) is 8.39. The lowest BCUT2D eigenvalue weighted by atomic mass is 10.2. The topological polar surface area (TPSA) is 61.0 Å². The molecular weight excluding hydrogens is 238 g/mol. The molecule has 2 aromatic rings. The van der Waals surface area contributed by atoms with Gasteiger partial charge in [-0.2, -0.15) is 4.98 Å². The zero-order valence-electron chi connectivity index (χ0n) is 9.35. The summed E-state index contributed by atoms with van der Waals surface area (Å²) in [5.41, 5.74) is 6.88. The Kier molecular flexibility index (Phi) is 3.44. The Hall–Kier alpha value is -1.81. The number of hydrogen-bond donors (Lipinski definition) is 1. The van der Waals surface area contributed by atoms with E-state index in [0.29, 0.717) is 18.3 Å². The van der Waals surface area contributed by atoms with E-state index in [-0.39, 0.29) is 10.8 Å². The fourth-order valence-electron chi connectivity index (χ4n) is 1.39. The van der Waals surface area contributed by atoms with Crippen molar-refractivity contribution < 1.29 is 4.74 Å². The predicted molar refractivity (Wildman–Crippen MR) is 68.1 cm³/mol. The molecule has 88 valence electrons. The van der Waals surface area contributed by atoms with Crippen LogP contribution >= 0.6 is 11.6 Å². The molecule has 2 rings (SSSR count). The van der Waals surface area contributed by atoms with E-state index in [1.54, 1.807) is 0 Å². The van der Waals surface area contributed by atoms with E-state index >= 15 is 0 Å². The van der Waals surface area contributed by atoms with E-state index < -0.39 is 0 Å². The SMILES string of the molecule is CCOc1nc(-c2ccccc2)nc(Cl)c1N. The minimum atomic E-state index is 0.210. The Morgan fingerprint density at radius 2 is 1.94 bits per heavy atom. The number of benzene rings is 1. The van der Waals surface area contributed by atoms with Gasteiger partial charge in [-0.25, -0.2) is 4.98 Å². The first-order valence-electron chi connectivity index (χ1n) is 5.23. The first-order chi connectivity index (χ1) is 8.22. The number of halogens is 1. The molecule has 0 atom stereocenters. The molecule has 5 heteroatoms. The number of rotatable bonds is 3. The van der Waals surface area contributed by atoms with Crippen LogP contribution in [0.15, 0.2) is 30.3 Å². The van der Waals surface area contributed by atoms with Crippen molar-refractivity contribution in [3.63, 3.8) is 0 Å². The largest absolute Gasteiger partial charge is 0.476 e. The molecule has 2 N–H and O–H groups in total. The monoisotopic (exact) mass is 249 g/mol. The molecule has 4 nitrogen and oxygen atoms in total. The van der Waals surface area contributed by atoms with Crippen LogP contribution in [0.25, 0.3) is 11.4 Å². The van der Waals surface area contributed by atoms with E-state index in [0.717, 1.165) is 5.56 Å². The van der Waals surface area contributed by atoms with Gasteiger partial charge in [-0.15, -0.1) is 0 Å². The van der Waals surface area contributed by atoms with Crippen molar-refractivity contribution in [2.24, 2.45) is 0 Å². The number of ether oxygens (including phenoxy) is 1. The second kappa shape index (κ2) is 5.01. The maximum Gasteiger partial charge on any atom is 0.242 e. The molecule has 1 heterocycles. The highest BCUT2D eigenvalue weighted by atomic mass is 35.5. The van der Waals surface area contributed by atoms with Crippen LogP contribution < -0.4 is 10.5 Å². The Balaban J connectivity index is 2.49. The second-order valence-corrected chi connectivity index (χ2v) is 3.71. The number of aromatic nitrogens is 2. The summed E-state index contributed by atoms with van der Waals surface area (Å²) in [6, 6.07) is 9.54. The lowest BCUT2D eigenvalue weighted by Gasteiger charge is -2.08. The Morgan fingerprint density at radius 1 is 1.24 bits per heavy atom. The van der Waals surface area contributed by atoms with Crippen LogP contribution in [0.1, 0.15) is 6.92 Å². The third-order valence-corrected chi connectivity index (χ3v) is 2.47. The van der Waals surface area contributed by atoms with Crippen LogP contribution in [0.4, 0.5) is 5.69 Å². The molecular formula is C12H12ClN3O. The van der Waals surface area contributed by atoms with Gasteiger partial charge in [-0.05, 0) is 6.92 Å². The third kappa shape index (κ3) is 2.47. The van der Waals surface area contributed by atoms with Crippen molar-refractivity contribution >= 4 is 17.3 Å². The average molecular weight is 250 g/mol. The number of anilines is 1. The molecule has 0 aliphatic rings. The molecule has 1 aromatic heterocycles. The van der Waals surface area contributed by atoms with Gasteiger partial charge in [0.15, 0.2) is 11.0 Å². The van der Waals surface area contributed by atoms with Crippen LogP contribution in [-0.4, -0.2) is 16.6 Å². The quantitative estimate of drug-likeness (QED) is 0.850. The minimum absolute atomic E-state index is 0.210.